The van der Waals surface area contributed by atoms with Crippen molar-refractivity contribution < 1.29 is 16.8 Å². The molecule has 2 aliphatic rings. The standard InChI is InChI=1S/C13H26N2O4S2/c1-20(16,17)12-4-2-3-11(8-12)13(15-14)7-10-5-6-21(18,19)9-10/h10-13,15H,2-9,14H2,1H3. The molecular weight excluding hydrogens is 312 g/mol. The molecule has 0 radical (unpaired) electrons. The molecule has 1 saturated carbocycles. The van der Waals surface area contributed by atoms with E-state index in [1.165, 1.54) is 6.26 Å². The lowest BCUT2D eigenvalue weighted by Gasteiger charge is -2.34. The van der Waals surface area contributed by atoms with Crippen molar-refractivity contribution in [1.82, 2.24) is 5.43 Å². The van der Waals surface area contributed by atoms with E-state index >= 15 is 0 Å². The highest BCUT2D eigenvalue weighted by molar-refractivity contribution is 7.91. The van der Waals surface area contributed by atoms with Crippen LogP contribution in [0.25, 0.3) is 0 Å². The fourth-order valence-corrected chi connectivity index (χ4v) is 6.82. The van der Waals surface area contributed by atoms with Crippen molar-refractivity contribution in [2.24, 2.45) is 17.7 Å². The highest BCUT2D eigenvalue weighted by atomic mass is 32.2. The second-order valence-electron chi connectivity index (χ2n) is 6.66. The van der Waals surface area contributed by atoms with Crippen molar-refractivity contribution in [1.29, 1.82) is 0 Å². The Morgan fingerprint density at radius 1 is 1.29 bits per heavy atom. The number of rotatable bonds is 5. The Morgan fingerprint density at radius 3 is 2.52 bits per heavy atom. The molecule has 0 bridgehead atoms. The Hall–Kier alpha value is -0.180. The number of sulfone groups is 2. The number of hydrogen-bond donors (Lipinski definition) is 2. The first-order valence-corrected chi connectivity index (χ1v) is 11.3. The van der Waals surface area contributed by atoms with Crippen molar-refractivity contribution in [3.05, 3.63) is 0 Å². The quantitative estimate of drug-likeness (QED) is 0.550. The predicted octanol–water partition coefficient (Wildman–Crippen LogP) is 0.247. The molecule has 124 valence electrons. The van der Waals surface area contributed by atoms with E-state index < -0.39 is 19.7 Å². The second kappa shape index (κ2) is 6.52. The maximum atomic E-state index is 11.7. The molecule has 0 amide bonds. The molecule has 0 aromatic carbocycles. The van der Waals surface area contributed by atoms with Gasteiger partial charge in [-0.05, 0) is 43.9 Å². The summed E-state index contributed by atoms with van der Waals surface area (Å²) in [7, 11) is -5.89. The van der Waals surface area contributed by atoms with Gasteiger partial charge in [-0.3, -0.25) is 11.3 Å². The van der Waals surface area contributed by atoms with Crippen LogP contribution in [0.2, 0.25) is 0 Å². The second-order valence-corrected chi connectivity index (χ2v) is 11.2. The summed E-state index contributed by atoms with van der Waals surface area (Å²) in [5.41, 5.74) is 2.81. The van der Waals surface area contributed by atoms with Gasteiger partial charge < -0.3 is 0 Å². The minimum atomic E-state index is -3.01. The average molecular weight is 338 g/mol. The van der Waals surface area contributed by atoms with Crippen LogP contribution in [0.1, 0.15) is 38.5 Å². The van der Waals surface area contributed by atoms with Crippen LogP contribution in [0.3, 0.4) is 0 Å². The molecule has 6 nitrogen and oxygen atoms in total. The summed E-state index contributed by atoms with van der Waals surface area (Å²) < 4.78 is 46.6. The molecule has 8 heteroatoms. The summed E-state index contributed by atoms with van der Waals surface area (Å²) in [6.07, 6.45) is 5.93. The van der Waals surface area contributed by atoms with Crippen molar-refractivity contribution in [2.75, 3.05) is 17.8 Å². The fourth-order valence-electron chi connectivity index (χ4n) is 3.75. The van der Waals surface area contributed by atoms with Crippen LogP contribution in [-0.2, 0) is 19.7 Å². The summed E-state index contributed by atoms with van der Waals surface area (Å²) in [4.78, 5) is 0. The monoisotopic (exact) mass is 338 g/mol. The van der Waals surface area contributed by atoms with Gasteiger partial charge in [-0.1, -0.05) is 6.42 Å². The highest BCUT2D eigenvalue weighted by Gasteiger charge is 2.36. The molecule has 2 rings (SSSR count). The van der Waals surface area contributed by atoms with Crippen LogP contribution >= 0.6 is 0 Å². The number of hydrogen-bond acceptors (Lipinski definition) is 6. The molecule has 4 atom stereocenters. The van der Waals surface area contributed by atoms with E-state index in [9.17, 15) is 16.8 Å². The lowest BCUT2D eigenvalue weighted by molar-refractivity contribution is 0.241. The summed E-state index contributed by atoms with van der Waals surface area (Å²) in [5.74, 6) is 6.53. The van der Waals surface area contributed by atoms with Crippen LogP contribution < -0.4 is 11.3 Å². The van der Waals surface area contributed by atoms with E-state index in [-0.39, 0.29) is 34.6 Å². The Labute approximate surface area is 127 Å². The third-order valence-electron chi connectivity index (χ3n) is 4.97. The molecule has 4 unspecified atom stereocenters. The zero-order chi connectivity index (χ0) is 15.7. The van der Waals surface area contributed by atoms with Crippen molar-refractivity contribution in [2.45, 2.75) is 49.8 Å². The molecule has 1 saturated heterocycles. The Morgan fingerprint density at radius 2 is 2.00 bits per heavy atom. The minimum absolute atomic E-state index is 0.00727. The average Bonchev–Trinajstić information content (AvgIpc) is 2.74. The van der Waals surface area contributed by atoms with Crippen molar-refractivity contribution in [3.63, 3.8) is 0 Å². The number of nitrogens with two attached hydrogens (primary N) is 1. The van der Waals surface area contributed by atoms with E-state index in [4.69, 9.17) is 5.84 Å². The minimum Gasteiger partial charge on any atom is -0.271 e. The maximum Gasteiger partial charge on any atom is 0.150 e. The fraction of sp³-hybridized carbons (Fsp3) is 1.00. The van der Waals surface area contributed by atoms with Crippen LogP contribution in [0, 0.1) is 11.8 Å². The summed E-state index contributed by atoms with van der Waals surface area (Å²) in [6.45, 7) is 0. The van der Waals surface area contributed by atoms with Gasteiger partial charge in [0.1, 0.15) is 9.84 Å². The number of hydrazine groups is 1. The topological polar surface area (TPSA) is 106 Å². The van der Waals surface area contributed by atoms with Crippen LogP contribution in [0.4, 0.5) is 0 Å². The van der Waals surface area contributed by atoms with E-state index in [0.29, 0.717) is 12.8 Å². The maximum absolute atomic E-state index is 11.7. The number of nitrogens with one attached hydrogen (secondary N) is 1. The summed E-state index contributed by atoms with van der Waals surface area (Å²) in [6, 6.07) is 0.00727. The lowest BCUT2D eigenvalue weighted by atomic mass is 9.80. The van der Waals surface area contributed by atoms with Gasteiger partial charge in [0.2, 0.25) is 0 Å². The molecule has 21 heavy (non-hydrogen) atoms. The van der Waals surface area contributed by atoms with Gasteiger partial charge in [0.15, 0.2) is 9.84 Å². The van der Waals surface area contributed by atoms with Crippen LogP contribution in [0.15, 0.2) is 0 Å². The Bertz CT molecular complexity index is 559. The SMILES string of the molecule is CS(=O)(=O)C1CCCC(C(CC2CCS(=O)(=O)C2)NN)C1. The van der Waals surface area contributed by atoms with Gasteiger partial charge in [-0.2, -0.15) is 0 Å². The molecule has 3 N–H and O–H groups in total. The summed E-state index contributed by atoms with van der Waals surface area (Å²) in [5, 5.41) is -0.278. The van der Waals surface area contributed by atoms with E-state index in [1.54, 1.807) is 0 Å². The van der Waals surface area contributed by atoms with Crippen LogP contribution in [0.5, 0.6) is 0 Å². The van der Waals surface area contributed by atoms with Gasteiger partial charge in [-0.25, -0.2) is 16.8 Å². The molecular formula is C13H26N2O4S2. The van der Waals surface area contributed by atoms with E-state index in [2.05, 4.69) is 5.43 Å². The smallest absolute Gasteiger partial charge is 0.150 e. The third-order valence-corrected chi connectivity index (χ3v) is 8.45. The lowest BCUT2D eigenvalue weighted by Crippen LogP contribution is -2.45. The molecule has 1 heterocycles. The van der Waals surface area contributed by atoms with Gasteiger partial charge >= 0.3 is 0 Å². The Balaban J connectivity index is 1.97. The first kappa shape index (κ1) is 17.2. The van der Waals surface area contributed by atoms with E-state index in [1.807, 2.05) is 0 Å². The molecule has 0 spiro atoms. The zero-order valence-corrected chi connectivity index (χ0v) is 14.1. The van der Waals surface area contributed by atoms with Crippen molar-refractivity contribution in [3.8, 4) is 0 Å². The summed E-state index contributed by atoms with van der Waals surface area (Å²) >= 11 is 0. The zero-order valence-electron chi connectivity index (χ0n) is 12.5. The largest absolute Gasteiger partial charge is 0.271 e. The van der Waals surface area contributed by atoms with E-state index in [0.717, 1.165) is 25.7 Å². The van der Waals surface area contributed by atoms with Crippen LogP contribution in [-0.4, -0.2) is 45.9 Å². The highest BCUT2D eigenvalue weighted by Crippen LogP contribution is 2.34. The van der Waals surface area contributed by atoms with Gasteiger partial charge in [-0.15, -0.1) is 0 Å². The van der Waals surface area contributed by atoms with Gasteiger partial charge in [0, 0.05) is 12.3 Å². The van der Waals surface area contributed by atoms with Gasteiger partial charge in [0.05, 0.1) is 16.8 Å². The molecule has 0 aromatic rings. The molecule has 2 fully saturated rings. The normalized spacial score (nSPS) is 34.7. The first-order valence-electron chi connectivity index (χ1n) is 7.56. The van der Waals surface area contributed by atoms with Gasteiger partial charge in [0.25, 0.3) is 0 Å². The van der Waals surface area contributed by atoms with Crippen molar-refractivity contribution >= 4 is 19.7 Å². The predicted molar refractivity (Wildman–Crippen MR) is 83.1 cm³/mol. The molecule has 0 aromatic heterocycles. The first-order chi connectivity index (χ1) is 9.71. The molecule has 1 aliphatic carbocycles. The third kappa shape index (κ3) is 4.64. The Kier molecular flexibility index (Phi) is 5.33. The molecule has 1 aliphatic heterocycles.